The zero-order valence-electron chi connectivity index (χ0n) is 7.17. The third-order valence-electron chi connectivity index (χ3n) is 0. The standard InChI is InChI=1S/4C2H4.4ClH/c4*1-2;;;;/h4*1-2H2;4*1H/p-4. The number of halogens is 4. The molecule has 80 valence electrons. The summed E-state index contributed by atoms with van der Waals surface area (Å²) in [7, 11) is 0. The monoisotopic (exact) mass is 252 g/mol. The highest BCUT2D eigenvalue weighted by Gasteiger charge is 0.607. The lowest BCUT2D eigenvalue weighted by Gasteiger charge is -1.00. The molecular weight excluding hydrogens is 238 g/mol. The Kier molecular flexibility index (Phi) is 582000. The van der Waals surface area contributed by atoms with Gasteiger partial charge < -0.3 is 49.6 Å². The summed E-state index contributed by atoms with van der Waals surface area (Å²) in [6, 6.07) is 0. The van der Waals surface area contributed by atoms with Crippen molar-refractivity contribution in [1.82, 2.24) is 0 Å². The third kappa shape index (κ3) is 58500. The molecule has 0 atom stereocenters. The first-order valence-corrected chi connectivity index (χ1v) is 2.00. The summed E-state index contributed by atoms with van der Waals surface area (Å²) in [4.78, 5) is 0. The Bertz CT molecular complexity index is 19.0. The van der Waals surface area contributed by atoms with Crippen LogP contribution in [0.5, 0.6) is 0 Å². The number of rotatable bonds is 0. The van der Waals surface area contributed by atoms with E-state index in [1.807, 2.05) is 0 Å². The van der Waals surface area contributed by atoms with Crippen molar-refractivity contribution in [2.75, 3.05) is 0 Å². The fourth-order valence-corrected chi connectivity index (χ4v) is 0. The molecule has 12 heavy (non-hydrogen) atoms. The van der Waals surface area contributed by atoms with Crippen LogP contribution < -0.4 is 49.6 Å². The van der Waals surface area contributed by atoms with Crippen LogP contribution >= 0.6 is 0 Å². The van der Waals surface area contributed by atoms with Crippen molar-refractivity contribution in [3.8, 4) is 0 Å². The van der Waals surface area contributed by atoms with Gasteiger partial charge in [0.15, 0.2) is 0 Å². The van der Waals surface area contributed by atoms with Crippen LogP contribution in [0.2, 0.25) is 0 Å². The van der Waals surface area contributed by atoms with Gasteiger partial charge in [-0.2, -0.15) is 0 Å². The Morgan fingerprint density at radius 1 is 0.250 bits per heavy atom. The molecule has 0 aromatic carbocycles. The Hall–Kier alpha value is 0.120. The van der Waals surface area contributed by atoms with Crippen molar-refractivity contribution < 1.29 is 49.6 Å². The lowest BCUT2D eigenvalue weighted by atomic mass is 11.3. The first-order valence-electron chi connectivity index (χ1n) is 2.00. The smallest absolute Gasteiger partial charge is 0.106 e. The SMILES string of the molecule is C=C.C=C.C=C.C=C.[Cl-].[Cl-].[Cl-].[Cl-]. The van der Waals surface area contributed by atoms with Crippen LogP contribution in [-0.2, 0) is 0 Å². The molecule has 0 spiro atoms. The summed E-state index contributed by atoms with van der Waals surface area (Å²) in [6.45, 7) is 24.0. The van der Waals surface area contributed by atoms with Gasteiger partial charge in [0, 0.05) is 0 Å². The van der Waals surface area contributed by atoms with Gasteiger partial charge in [-0.15, -0.1) is 52.6 Å². The second-order valence-electron chi connectivity index (χ2n) is 0. The second kappa shape index (κ2) is 79100. The van der Waals surface area contributed by atoms with E-state index in [-0.39, 0.29) is 49.6 Å². The van der Waals surface area contributed by atoms with E-state index in [1.54, 1.807) is 0 Å². The van der Waals surface area contributed by atoms with E-state index in [4.69, 9.17) is 0 Å². The molecule has 0 N–H and O–H groups in total. The van der Waals surface area contributed by atoms with E-state index in [0.29, 0.717) is 0 Å². The number of hydrogen-bond donors (Lipinski definition) is 0. The van der Waals surface area contributed by atoms with Gasteiger partial charge >= 0.3 is 0 Å². The van der Waals surface area contributed by atoms with E-state index in [2.05, 4.69) is 52.6 Å². The summed E-state index contributed by atoms with van der Waals surface area (Å²) in [5.41, 5.74) is 0. The van der Waals surface area contributed by atoms with E-state index < -0.39 is 0 Å². The highest BCUT2D eigenvalue weighted by molar-refractivity contribution is 4.23. The maximum absolute atomic E-state index is 3.00. The topological polar surface area (TPSA) is 0 Å². The lowest BCUT2D eigenvalue weighted by molar-refractivity contribution is -0.00100. The molecule has 0 unspecified atom stereocenters. The molecule has 0 saturated heterocycles. The van der Waals surface area contributed by atoms with Crippen molar-refractivity contribution in [3.05, 3.63) is 52.6 Å². The van der Waals surface area contributed by atoms with Crippen LogP contribution in [0.3, 0.4) is 0 Å². The average molecular weight is 254 g/mol. The largest absolute Gasteiger partial charge is 1.00 e. The van der Waals surface area contributed by atoms with Gasteiger partial charge in [0.1, 0.15) is 0 Å². The van der Waals surface area contributed by atoms with Crippen LogP contribution in [0.25, 0.3) is 0 Å². The molecule has 0 aromatic rings. The van der Waals surface area contributed by atoms with Crippen LogP contribution in [0.1, 0.15) is 0 Å². The highest BCUT2D eigenvalue weighted by Crippen LogP contribution is 0.868. The maximum atomic E-state index is 3.00. The quantitative estimate of drug-likeness (QED) is 0.377. The molecule has 0 saturated carbocycles. The van der Waals surface area contributed by atoms with Crippen molar-refractivity contribution in [3.63, 3.8) is 0 Å². The zero-order chi connectivity index (χ0) is 8.00. The van der Waals surface area contributed by atoms with Gasteiger partial charge in [0.2, 0.25) is 0 Å². The van der Waals surface area contributed by atoms with Gasteiger partial charge in [-0.1, -0.05) is 0 Å². The fourth-order valence-electron chi connectivity index (χ4n) is 0. The van der Waals surface area contributed by atoms with E-state index in [1.165, 1.54) is 0 Å². The minimum atomic E-state index is 0. The maximum Gasteiger partial charge on any atom is -0.106 e. The summed E-state index contributed by atoms with van der Waals surface area (Å²) >= 11 is 0. The molecule has 0 rings (SSSR count). The lowest BCUT2D eigenvalue weighted by Crippen LogP contribution is -3.00. The first-order chi connectivity index (χ1) is 4.00. The van der Waals surface area contributed by atoms with Crippen LogP contribution in [0.15, 0.2) is 52.6 Å². The summed E-state index contributed by atoms with van der Waals surface area (Å²) in [6.07, 6.45) is 0. The number of hydrogen-bond acceptors (Lipinski definition) is 0. The Balaban J connectivity index is -0.00000000267. The molecule has 0 aliphatic rings. The van der Waals surface area contributed by atoms with Gasteiger partial charge in [-0.05, 0) is 0 Å². The second-order valence-corrected chi connectivity index (χ2v) is 0. The minimum Gasteiger partial charge on any atom is -1.00 e. The first kappa shape index (κ1) is 88.3. The van der Waals surface area contributed by atoms with Gasteiger partial charge in [-0.3, -0.25) is 0 Å². The predicted molar refractivity (Wildman–Crippen MR) is 45.0 cm³/mol. The van der Waals surface area contributed by atoms with E-state index in [0.717, 1.165) is 0 Å². The molecule has 0 heterocycles. The highest BCUT2D eigenvalue weighted by atomic mass is 35.5. The molecular formula is C8H16Cl4-4. The van der Waals surface area contributed by atoms with Crippen LogP contribution in [0, 0.1) is 0 Å². The summed E-state index contributed by atoms with van der Waals surface area (Å²) in [5, 5.41) is 0. The average Bonchev–Trinajstić information content (AvgIpc) is 2.03. The third-order valence-corrected chi connectivity index (χ3v) is 0. The molecule has 0 aliphatic heterocycles. The van der Waals surface area contributed by atoms with Gasteiger partial charge in [-0.25, -0.2) is 0 Å². The molecule has 0 bridgehead atoms. The summed E-state index contributed by atoms with van der Waals surface area (Å²) < 4.78 is 0. The van der Waals surface area contributed by atoms with E-state index in [9.17, 15) is 0 Å². The van der Waals surface area contributed by atoms with Crippen molar-refractivity contribution in [1.29, 1.82) is 0 Å². The molecule has 0 fully saturated rings. The molecule has 0 aromatic heterocycles. The minimum absolute atomic E-state index is 0. The molecule has 0 nitrogen and oxygen atoms in total. The van der Waals surface area contributed by atoms with Crippen LogP contribution in [-0.4, -0.2) is 0 Å². The van der Waals surface area contributed by atoms with Crippen molar-refractivity contribution >= 4 is 0 Å². The Labute approximate surface area is 102 Å². The normalized spacial score (nSPS) is 1.33. The predicted octanol–water partition coefficient (Wildman–Crippen LogP) is -8.78. The molecule has 0 aliphatic carbocycles. The molecule has 0 radical (unpaired) electrons. The van der Waals surface area contributed by atoms with Crippen LogP contribution in [0.4, 0.5) is 0 Å². The Morgan fingerprint density at radius 2 is 0.250 bits per heavy atom. The van der Waals surface area contributed by atoms with Crippen molar-refractivity contribution in [2.24, 2.45) is 0 Å². The fraction of sp³-hybridized carbons (Fsp3) is 0. The zero-order valence-corrected chi connectivity index (χ0v) is 10.2. The molecule has 0 amide bonds. The van der Waals surface area contributed by atoms with Gasteiger partial charge in [0.25, 0.3) is 0 Å². The Morgan fingerprint density at radius 3 is 0.250 bits per heavy atom. The van der Waals surface area contributed by atoms with Crippen molar-refractivity contribution in [2.45, 2.75) is 0 Å². The van der Waals surface area contributed by atoms with Gasteiger partial charge in [0.05, 0.1) is 0 Å². The molecule has 4 heteroatoms. The van der Waals surface area contributed by atoms with E-state index >= 15 is 0 Å². The summed E-state index contributed by atoms with van der Waals surface area (Å²) in [5.74, 6) is 0.